The van der Waals surface area contributed by atoms with Crippen LogP contribution in [0.1, 0.15) is 20.8 Å². The molecule has 3 aromatic carbocycles. The molecule has 0 aliphatic rings. The van der Waals surface area contributed by atoms with E-state index in [4.69, 9.17) is 4.74 Å². The van der Waals surface area contributed by atoms with Crippen LogP contribution < -0.4 is 14.8 Å². The third-order valence-corrected chi connectivity index (χ3v) is 6.17. The molecule has 37 heavy (non-hydrogen) atoms. The Hall–Kier alpha value is -4.11. The SMILES string of the molecule is O=C(CNC(=O)c1cc(-c2ccc(OC(F)(F)F)cc2)cs1)Cc1cccc(OCc2ccccc2)c1. The highest BCUT2D eigenvalue weighted by atomic mass is 32.1. The van der Waals surface area contributed by atoms with Crippen LogP contribution in [0, 0.1) is 0 Å². The lowest BCUT2D eigenvalue weighted by Gasteiger charge is -2.09. The molecule has 1 amide bonds. The number of benzene rings is 3. The molecule has 1 heterocycles. The molecular formula is C28H22F3NO4S. The van der Waals surface area contributed by atoms with Crippen molar-refractivity contribution in [3.8, 4) is 22.6 Å². The van der Waals surface area contributed by atoms with E-state index >= 15 is 0 Å². The third-order valence-electron chi connectivity index (χ3n) is 5.24. The van der Waals surface area contributed by atoms with E-state index in [0.29, 0.717) is 28.4 Å². The lowest BCUT2D eigenvalue weighted by atomic mass is 10.1. The molecule has 0 aliphatic heterocycles. The van der Waals surface area contributed by atoms with Gasteiger partial charge in [-0.05, 0) is 58.0 Å². The van der Waals surface area contributed by atoms with E-state index < -0.39 is 12.3 Å². The van der Waals surface area contributed by atoms with Crippen molar-refractivity contribution in [3.05, 3.63) is 106 Å². The summed E-state index contributed by atoms with van der Waals surface area (Å²) in [7, 11) is 0. The maximum atomic E-state index is 12.5. The number of Topliss-reactive ketones (excluding diaryl/α,β-unsaturated/α-hetero) is 1. The molecule has 5 nitrogen and oxygen atoms in total. The number of hydrogen-bond donors (Lipinski definition) is 1. The molecule has 0 aliphatic carbocycles. The quantitative estimate of drug-likeness (QED) is 0.259. The Kier molecular flexibility index (Phi) is 8.25. The van der Waals surface area contributed by atoms with Gasteiger partial charge in [0.1, 0.15) is 18.1 Å². The molecule has 4 rings (SSSR count). The number of halogens is 3. The fourth-order valence-corrected chi connectivity index (χ4v) is 4.33. The largest absolute Gasteiger partial charge is 0.573 e. The van der Waals surface area contributed by atoms with Gasteiger partial charge in [-0.15, -0.1) is 24.5 Å². The Morgan fingerprint density at radius 1 is 0.811 bits per heavy atom. The fraction of sp³-hybridized carbons (Fsp3) is 0.143. The van der Waals surface area contributed by atoms with Gasteiger partial charge in [0.15, 0.2) is 5.78 Å². The number of carbonyl (C=O) groups is 2. The number of nitrogens with one attached hydrogen (secondary N) is 1. The molecule has 9 heteroatoms. The van der Waals surface area contributed by atoms with Gasteiger partial charge in [0, 0.05) is 6.42 Å². The van der Waals surface area contributed by atoms with Gasteiger partial charge in [-0.2, -0.15) is 0 Å². The topological polar surface area (TPSA) is 64.6 Å². The fourth-order valence-electron chi connectivity index (χ4n) is 3.50. The van der Waals surface area contributed by atoms with Crippen molar-refractivity contribution in [1.29, 1.82) is 0 Å². The summed E-state index contributed by atoms with van der Waals surface area (Å²) in [6.45, 7) is 0.285. The molecular weight excluding hydrogens is 503 g/mol. The van der Waals surface area contributed by atoms with Crippen LogP contribution in [0.15, 0.2) is 90.3 Å². The van der Waals surface area contributed by atoms with E-state index in [1.54, 1.807) is 17.5 Å². The van der Waals surface area contributed by atoms with Crippen molar-refractivity contribution in [3.63, 3.8) is 0 Å². The first-order valence-electron chi connectivity index (χ1n) is 11.3. The molecule has 0 unspecified atom stereocenters. The monoisotopic (exact) mass is 525 g/mol. The van der Waals surface area contributed by atoms with Crippen LogP contribution >= 0.6 is 11.3 Å². The average molecular weight is 526 g/mol. The second-order valence-corrected chi connectivity index (χ2v) is 9.00. The maximum absolute atomic E-state index is 12.5. The van der Waals surface area contributed by atoms with Crippen molar-refractivity contribution < 1.29 is 32.2 Å². The lowest BCUT2D eigenvalue weighted by molar-refractivity contribution is -0.274. The predicted molar refractivity (Wildman–Crippen MR) is 135 cm³/mol. The van der Waals surface area contributed by atoms with Crippen LogP contribution in [0.3, 0.4) is 0 Å². The second-order valence-electron chi connectivity index (χ2n) is 8.09. The first-order chi connectivity index (χ1) is 17.7. The molecule has 190 valence electrons. The van der Waals surface area contributed by atoms with Gasteiger partial charge in [0.05, 0.1) is 11.4 Å². The lowest BCUT2D eigenvalue weighted by Crippen LogP contribution is -2.29. The van der Waals surface area contributed by atoms with Gasteiger partial charge in [0.2, 0.25) is 0 Å². The number of amides is 1. The number of hydrogen-bond acceptors (Lipinski definition) is 5. The van der Waals surface area contributed by atoms with Gasteiger partial charge in [-0.25, -0.2) is 0 Å². The van der Waals surface area contributed by atoms with Crippen LogP contribution in [0.4, 0.5) is 13.2 Å². The highest BCUT2D eigenvalue weighted by Gasteiger charge is 2.31. The minimum Gasteiger partial charge on any atom is -0.489 e. The molecule has 1 aromatic heterocycles. The number of ketones is 1. The van der Waals surface area contributed by atoms with Crippen LogP contribution in [0.25, 0.3) is 11.1 Å². The van der Waals surface area contributed by atoms with E-state index in [1.165, 1.54) is 35.6 Å². The highest BCUT2D eigenvalue weighted by molar-refractivity contribution is 7.12. The highest BCUT2D eigenvalue weighted by Crippen LogP contribution is 2.29. The summed E-state index contributed by atoms with van der Waals surface area (Å²) < 4.78 is 46.6. The molecule has 0 fully saturated rings. The van der Waals surface area contributed by atoms with E-state index in [2.05, 4.69) is 10.1 Å². The van der Waals surface area contributed by atoms with Crippen LogP contribution in [0.2, 0.25) is 0 Å². The molecule has 0 atom stereocenters. The van der Waals surface area contributed by atoms with E-state index in [9.17, 15) is 22.8 Å². The first-order valence-corrected chi connectivity index (χ1v) is 12.1. The van der Waals surface area contributed by atoms with Crippen LogP contribution in [0.5, 0.6) is 11.5 Å². The van der Waals surface area contributed by atoms with E-state index in [-0.39, 0.29) is 24.5 Å². The van der Waals surface area contributed by atoms with Gasteiger partial charge in [0.25, 0.3) is 5.91 Å². The predicted octanol–water partition coefficient (Wildman–Crippen LogP) is 6.43. The number of thiophene rings is 1. The Labute approximate surface area is 215 Å². The summed E-state index contributed by atoms with van der Waals surface area (Å²) in [5, 5.41) is 4.35. The van der Waals surface area contributed by atoms with Crippen molar-refractivity contribution in [2.45, 2.75) is 19.4 Å². The van der Waals surface area contributed by atoms with Gasteiger partial charge in [-0.3, -0.25) is 9.59 Å². The average Bonchev–Trinajstić information content (AvgIpc) is 3.37. The zero-order valence-corrected chi connectivity index (χ0v) is 20.3. The first kappa shape index (κ1) is 26.0. The number of rotatable bonds is 10. The van der Waals surface area contributed by atoms with E-state index in [0.717, 1.165) is 11.1 Å². The Bertz CT molecular complexity index is 1350. The molecule has 0 radical (unpaired) electrons. The summed E-state index contributed by atoms with van der Waals surface area (Å²) in [6, 6.07) is 24.0. The van der Waals surface area contributed by atoms with Crippen LogP contribution in [-0.2, 0) is 17.8 Å². The summed E-state index contributed by atoms with van der Waals surface area (Å²) in [4.78, 5) is 25.3. The van der Waals surface area contributed by atoms with Crippen LogP contribution in [-0.4, -0.2) is 24.6 Å². The molecule has 4 aromatic rings. The summed E-state index contributed by atoms with van der Waals surface area (Å²) in [5.41, 5.74) is 3.12. The van der Waals surface area contributed by atoms with Gasteiger partial charge >= 0.3 is 6.36 Å². The van der Waals surface area contributed by atoms with Gasteiger partial charge < -0.3 is 14.8 Å². The van der Waals surface area contributed by atoms with Crippen molar-refractivity contribution in [2.24, 2.45) is 0 Å². The summed E-state index contributed by atoms with van der Waals surface area (Å²) in [5.74, 6) is -0.231. The standard InChI is InChI=1S/C28H22F3NO4S/c29-28(30,31)36-24-11-9-21(10-12-24)22-15-26(37-18-22)27(34)32-16-23(33)13-20-7-4-8-25(14-20)35-17-19-5-2-1-3-6-19/h1-12,14-15,18H,13,16-17H2,(H,32,34). The number of ether oxygens (including phenoxy) is 2. The van der Waals surface area contributed by atoms with E-state index in [1.807, 2.05) is 48.5 Å². The smallest absolute Gasteiger partial charge is 0.489 e. The minimum atomic E-state index is -4.76. The Balaban J connectivity index is 1.27. The summed E-state index contributed by atoms with van der Waals surface area (Å²) >= 11 is 1.18. The zero-order chi connectivity index (χ0) is 26.3. The zero-order valence-electron chi connectivity index (χ0n) is 19.5. The Morgan fingerprint density at radius 2 is 1.54 bits per heavy atom. The van der Waals surface area contributed by atoms with Crippen molar-refractivity contribution >= 4 is 23.0 Å². The maximum Gasteiger partial charge on any atom is 0.573 e. The van der Waals surface area contributed by atoms with Crippen molar-refractivity contribution in [2.75, 3.05) is 6.54 Å². The number of carbonyl (C=O) groups excluding carboxylic acids is 2. The molecule has 1 N–H and O–H groups in total. The molecule has 0 spiro atoms. The summed E-state index contributed by atoms with van der Waals surface area (Å²) in [6.07, 6.45) is -4.61. The Morgan fingerprint density at radius 3 is 2.27 bits per heavy atom. The minimum absolute atomic E-state index is 0.134. The number of alkyl halides is 3. The normalized spacial score (nSPS) is 11.1. The molecule has 0 bridgehead atoms. The third kappa shape index (κ3) is 7.94. The van der Waals surface area contributed by atoms with Gasteiger partial charge in [-0.1, -0.05) is 54.6 Å². The second kappa shape index (κ2) is 11.7. The molecule has 0 saturated heterocycles. The van der Waals surface area contributed by atoms with Crippen molar-refractivity contribution in [1.82, 2.24) is 5.32 Å². The molecule has 0 saturated carbocycles.